The van der Waals surface area contributed by atoms with E-state index in [1.807, 2.05) is 30.5 Å². The number of esters is 1. The lowest BCUT2D eigenvalue weighted by atomic mass is 10.2. The first kappa shape index (κ1) is 21.0. The van der Waals surface area contributed by atoms with Gasteiger partial charge in [-0.05, 0) is 44.5 Å². The average molecular weight is 432 g/mol. The number of anilines is 1. The van der Waals surface area contributed by atoms with Gasteiger partial charge in [0.25, 0.3) is 0 Å². The van der Waals surface area contributed by atoms with Crippen molar-refractivity contribution < 1.29 is 14.3 Å². The number of thiophene rings is 1. The topological polar surface area (TPSA) is 99.0 Å². The van der Waals surface area contributed by atoms with E-state index < -0.39 is 0 Å². The van der Waals surface area contributed by atoms with Gasteiger partial charge >= 0.3 is 5.97 Å². The second kappa shape index (κ2) is 9.66. The van der Waals surface area contributed by atoms with Gasteiger partial charge in [-0.3, -0.25) is 9.78 Å². The molecule has 0 aliphatic rings. The van der Waals surface area contributed by atoms with E-state index in [1.54, 1.807) is 25.4 Å². The summed E-state index contributed by atoms with van der Waals surface area (Å²) in [5, 5.41) is 12.6. The minimum atomic E-state index is -0.371. The molecule has 0 radical (unpaired) electrons. The minimum absolute atomic E-state index is 0.178. The number of ether oxygens (including phenoxy) is 1. The maximum atomic E-state index is 12.4. The van der Waals surface area contributed by atoms with Crippen LogP contribution in [-0.4, -0.2) is 44.0 Å². The van der Waals surface area contributed by atoms with Crippen molar-refractivity contribution in [3.05, 3.63) is 41.0 Å². The molecule has 0 bridgehead atoms. The number of aromatic nitrogens is 4. The zero-order valence-corrected chi connectivity index (χ0v) is 18.0. The molecule has 0 aromatic carbocycles. The van der Waals surface area contributed by atoms with E-state index in [0.29, 0.717) is 28.2 Å². The number of hydrogen-bond acceptors (Lipinski definition) is 8. The summed E-state index contributed by atoms with van der Waals surface area (Å²) in [5.74, 6) is 0.373. The van der Waals surface area contributed by atoms with Crippen molar-refractivity contribution in [2.45, 2.75) is 32.5 Å². The van der Waals surface area contributed by atoms with Crippen molar-refractivity contribution >= 4 is 40.0 Å². The zero-order valence-electron chi connectivity index (χ0n) is 16.3. The Kier molecular flexibility index (Phi) is 6.99. The van der Waals surface area contributed by atoms with Crippen LogP contribution in [0.1, 0.15) is 29.1 Å². The van der Waals surface area contributed by atoms with Gasteiger partial charge in [-0.25, -0.2) is 4.79 Å². The second-order valence-electron chi connectivity index (χ2n) is 5.97. The predicted octanol–water partition coefficient (Wildman–Crippen LogP) is 3.64. The standard InChI is InChI=1S/C19H21N5O3S2/c1-4-24-17(13-6-8-20-9-7-13)22-23-19(24)28-11-14(25)21-15-10-12(3)16(29-15)18(26)27-5-2/h6-10H,4-5,11H2,1-3H3,(H,21,25). The van der Waals surface area contributed by atoms with Gasteiger partial charge in [0, 0.05) is 24.5 Å². The molecule has 3 heterocycles. The molecule has 0 unspecified atom stereocenters. The highest BCUT2D eigenvalue weighted by Gasteiger charge is 2.17. The monoisotopic (exact) mass is 431 g/mol. The van der Waals surface area contributed by atoms with E-state index >= 15 is 0 Å². The Bertz CT molecular complexity index is 1000. The highest BCUT2D eigenvalue weighted by Crippen LogP contribution is 2.28. The molecule has 0 aliphatic heterocycles. The molecule has 1 N–H and O–H groups in total. The Hall–Kier alpha value is -2.72. The van der Waals surface area contributed by atoms with Crippen molar-refractivity contribution in [3.8, 4) is 11.4 Å². The molecule has 0 saturated heterocycles. The fourth-order valence-corrected chi connectivity index (χ4v) is 4.43. The number of hydrogen-bond donors (Lipinski definition) is 1. The molecule has 29 heavy (non-hydrogen) atoms. The molecule has 0 spiro atoms. The van der Waals surface area contributed by atoms with E-state index in [0.717, 1.165) is 17.0 Å². The van der Waals surface area contributed by atoms with Gasteiger partial charge in [-0.15, -0.1) is 21.5 Å². The van der Waals surface area contributed by atoms with E-state index in [9.17, 15) is 9.59 Å². The Morgan fingerprint density at radius 1 is 1.24 bits per heavy atom. The largest absolute Gasteiger partial charge is 0.462 e. The second-order valence-corrected chi connectivity index (χ2v) is 7.96. The number of carbonyl (C=O) groups excluding carboxylic acids is 2. The van der Waals surface area contributed by atoms with Crippen molar-refractivity contribution in [3.63, 3.8) is 0 Å². The van der Waals surface area contributed by atoms with E-state index in [2.05, 4.69) is 20.5 Å². The summed E-state index contributed by atoms with van der Waals surface area (Å²) in [6.07, 6.45) is 3.41. The predicted molar refractivity (Wildman–Crippen MR) is 113 cm³/mol. The zero-order chi connectivity index (χ0) is 20.8. The molecule has 3 aromatic rings. The van der Waals surface area contributed by atoms with Crippen LogP contribution >= 0.6 is 23.1 Å². The lowest BCUT2D eigenvalue weighted by molar-refractivity contribution is -0.113. The molecule has 0 fully saturated rings. The van der Waals surface area contributed by atoms with Crippen LogP contribution in [0.5, 0.6) is 0 Å². The highest BCUT2D eigenvalue weighted by molar-refractivity contribution is 7.99. The van der Waals surface area contributed by atoms with Gasteiger partial charge in [0.1, 0.15) is 4.88 Å². The Labute approximate surface area is 176 Å². The van der Waals surface area contributed by atoms with E-state index in [1.165, 1.54) is 23.1 Å². The number of nitrogens with one attached hydrogen (secondary N) is 1. The third-order valence-corrected chi connectivity index (χ3v) is 6.04. The molecule has 0 atom stereocenters. The molecule has 0 aliphatic carbocycles. The third-order valence-electron chi connectivity index (χ3n) is 3.95. The third kappa shape index (κ3) is 5.01. The lowest BCUT2D eigenvalue weighted by Gasteiger charge is -2.07. The fraction of sp³-hybridized carbons (Fsp3) is 0.316. The van der Waals surface area contributed by atoms with Crippen LogP contribution < -0.4 is 5.32 Å². The number of aryl methyl sites for hydroxylation is 1. The van der Waals surface area contributed by atoms with Crippen molar-refractivity contribution in [1.29, 1.82) is 0 Å². The lowest BCUT2D eigenvalue weighted by Crippen LogP contribution is -2.13. The first-order chi connectivity index (χ1) is 14.0. The summed E-state index contributed by atoms with van der Waals surface area (Å²) in [5.41, 5.74) is 1.70. The number of carbonyl (C=O) groups is 2. The number of amides is 1. The smallest absolute Gasteiger partial charge is 0.348 e. The van der Waals surface area contributed by atoms with E-state index in [4.69, 9.17) is 4.74 Å². The maximum Gasteiger partial charge on any atom is 0.348 e. The fourth-order valence-electron chi connectivity index (χ4n) is 2.64. The summed E-state index contributed by atoms with van der Waals surface area (Å²) < 4.78 is 6.99. The van der Waals surface area contributed by atoms with Gasteiger partial charge in [0.2, 0.25) is 5.91 Å². The summed E-state index contributed by atoms with van der Waals surface area (Å²) in [6, 6.07) is 5.52. The molecule has 0 saturated carbocycles. The Morgan fingerprint density at radius 3 is 2.69 bits per heavy atom. The van der Waals surface area contributed by atoms with Crippen LogP contribution in [0, 0.1) is 6.92 Å². The summed E-state index contributed by atoms with van der Waals surface area (Å²) in [6.45, 7) is 6.58. The first-order valence-corrected chi connectivity index (χ1v) is 10.9. The number of nitrogens with zero attached hydrogens (tertiary/aromatic N) is 4. The van der Waals surface area contributed by atoms with Gasteiger partial charge in [-0.2, -0.15) is 0 Å². The molecule has 10 heteroatoms. The minimum Gasteiger partial charge on any atom is -0.462 e. The molecular weight excluding hydrogens is 410 g/mol. The maximum absolute atomic E-state index is 12.4. The van der Waals surface area contributed by atoms with Crippen LogP contribution in [0.2, 0.25) is 0 Å². The molecule has 1 amide bonds. The van der Waals surface area contributed by atoms with Crippen molar-refractivity contribution in [1.82, 2.24) is 19.7 Å². The molecule has 3 aromatic heterocycles. The number of rotatable bonds is 8. The summed E-state index contributed by atoms with van der Waals surface area (Å²) >= 11 is 2.53. The van der Waals surface area contributed by atoms with Gasteiger partial charge < -0.3 is 14.6 Å². The van der Waals surface area contributed by atoms with Gasteiger partial charge in [0.05, 0.1) is 17.4 Å². The summed E-state index contributed by atoms with van der Waals surface area (Å²) in [7, 11) is 0. The van der Waals surface area contributed by atoms with Crippen LogP contribution in [0.25, 0.3) is 11.4 Å². The van der Waals surface area contributed by atoms with Gasteiger partial charge in [-0.1, -0.05) is 11.8 Å². The quantitative estimate of drug-likeness (QED) is 0.429. The summed E-state index contributed by atoms with van der Waals surface area (Å²) in [4.78, 5) is 28.8. The molecular formula is C19H21N5O3S2. The SMILES string of the molecule is CCOC(=O)c1sc(NC(=O)CSc2nnc(-c3ccncc3)n2CC)cc1C. The van der Waals surface area contributed by atoms with Gasteiger partial charge in [0.15, 0.2) is 11.0 Å². The van der Waals surface area contributed by atoms with Crippen molar-refractivity contribution in [2.75, 3.05) is 17.7 Å². The van der Waals surface area contributed by atoms with E-state index in [-0.39, 0.29) is 17.6 Å². The normalized spacial score (nSPS) is 10.7. The highest BCUT2D eigenvalue weighted by atomic mass is 32.2. The Morgan fingerprint density at radius 2 is 2.00 bits per heavy atom. The molecule has 152 valence electrons. The van der Waals surface area contributed by atoms with Crippen LogP contribution in [-0.2, 0) is 16.1 Å². The van der Waals surface area contributed by atoms with Crippen molar-refractivity contribution in [2.24, 2.45) is 0 Å². The first-order valence-electron chi connectivity index (χ1n) is 9.07. The molecule has 8 nitrogen and oxygen atoms in total. The average Bonchev–Trinajstić information content (AvgIpc) is 3.30. The van der Waals surface area contributed by atoms with Crippen LogP contribution in [0.4, 0.5) is 5.00 Å². The Balaban J connectivity index is 1.64. The van der Waals surface area contributed by atoms with Crippen LogP contribution in [0.3, 0.4) is 0 Å². The number of thioether (sulfide) groups is 1. The number of pyridine rings is 1. The molecule has 3 rings (SSSR count). The van der Waals surface area contributed by atoms with Crippen LogP contribution in [0.15, 0.2) is 35.7 Å².